The van der Waals surface area contributed by atoms with E-state index in [4.69, 9.17) is 4.52 Å². The third-order valence-corrected chi connectivity index (χ3v) is 3.71. The van der Waals surface area contributed by atoms with Gasteiger partial charge in [0, 0.05) is 6.42 Å². The summed E-state index contributed by atoms with van der Waals surface area (Å²) < 4.78 is 16.0. The lowest BCUT2D eigenvalue weighted by Crippen LogP contribution is -1.98. The lowest BCUT2D eigenvalue weighted by Gasteiger charge is -2.13. The molecule has 1 atom stereocenters. The fourth-order valence-electron chi connectivity index (χ4n) is 2.50. The Labute approximate surface area is 115 Å². The van der Waals surface area contributed by atoms with E-state index >= 15 is 0 Å². The van der Waals surface area contributed by atoms with Crippen molar-refractivity contribution in [3.63, 3.8) is 0 Å². The van der Waals surface area contributed by atoms with Crippen molar-refractivity contribution < 1.29 is 9.09 Å². The second kappa shape index (κ2) is 6.08. The summed E-state index contributed by atoms with van der Waals surface area (Å²) >= 11 is 0. The Bertz CT molecular complexity index is 582. The van der Waals surface area contributed by atoms with Gasteiger partial charge in [0.25, 0.3) is 0 Å². The maximum atomic E-state index is 10.7. The lowest BCUT2D eigenvalue weighted by molar-refractivity contribution is 0.522. The van der Waals surface area contributed by atoms with Crippen LogP contribution < -0.4 is 4.52 Å². The quantitative estimate of drug-likeness (QED) is 0.779. The molecule has 0 amide bonds. The molecule has 2 aromatic rings. The van der Waals surface area contributed by atoms with E-state index in [1.807, 2.05) is 24.3 Å². The SMILES string of the molecule is Cc1cc(C)c(Cc2ccccc2O[PH2]=O)c(C)c1. The molecule has 0 bridgehead atoms. The molecule has 0 saturated heterocycles. The molecule has 0 radical (unpaired) electrons. The van der Waals surface area contributed by atoms with Crippen LogP contribution in [0.3, 0.4) is 0 Å². The fourth-order valence-corrected chi connectivity index (χ4v) is 2.83. The Morgan fingerprint density at radius 3 is 2.32 bits per heavy atom. The van der Waals surface area contributed by atoms with Gasteiger partial charge in [0.05, 0.1) is 0 Å². The molecule has 1 unspecified atom stereocenters. The van der Waals surface area contributed by atoms with E-state index in [1.54, 1.807) is 0 Å². The molecule has 2 rings (SSSR count). The van der Waals surface area contributed by atoms with E-state index in [0.29, 0.717) is 0 Å². The van der Waals surface area contributed by atoms with Crippen LogP contribution in [0.2, 0.25) is 0 Å². The van der Waals surface area contributed by atoms with Gasteiger partial charge in [-0.2, -0.15) is 0 Å². The summed E-state index contributed by atoms with van der Waals surface area (Å²) in [6.07, 6.45) is 0.813. The Balaban J connectivity index is 2.39. The van der Waals surface area contributed by atoms with Gasteiger partial charge < -0.3 is 4.52 Å². The van der Waals surface area contributed by atoms with Crippen molar-refractivity contribution in [1.29, 1.82) is 0 Å². The van der Waals surface area contributed by atoms with Crippen LogP contribution in [0.25, 0.3) is 0 Å². The highest BCUT2D eigenvalue weighted by Gasteiger charge is 2.08. The van der Waals surface area contributed by atoms with Crippen LogP contribution in [-0.2, 0) is 11.0 Å². The van der Waals surface area contributed by atoms with Gasteiger partial charge >= 0.3 is 0 Å². The summed E-state index contributed by atoms with van der Waals surface area (Å²) in [5.74, 6) is 0.729. The van der Waals surface area contributed by atoms with Gasteiger partial charge in [0.15, 0.2) is 0 Å². The van der Waals surface area contributed by atoms with Crippen LogP contribution >= 0.6 is 8.69 Å². The summed E-state index contributed by atoms with van der Waals surface area (Å²) in [7, 11) is -1.22. The molecule has 0 heterocycles. The smallest absolute Gasteiger partial charge is 0.225 e. The van der Waals surface area contributed by atoms with Gasteiger partial charge in [0.2, 0.25) is 8.69 Å². The van der Waals surface area contributed by atoms with Crippen LogP contribution in [0, 0.1) is 20.8 Å². The van der Waals surface area contributed by atoms with Crippen molar-refractivity contribution in [1.82, 2.24) is 0 Å². The van der Waals surface area contributed by atoms with E-state index in [1.165, 1.54) is 22.3 Å². The number of rotatable bonds is 4. The Morgan fingerprint density at radius 2 is 1.68 bits per heavy atom. The Hall–Kier alpha value is -1.53. The van der Waals surface area contributed by atoms with Gasteiger partial charge in [-0.15, -0.1) is 0 Å². The zero-order chi connectivity index (χ0) is 13.8. The number of hydrogen-bond donors (Lipinski definition) is 0. The number of benzene rings is 2. The zero-order valence-corrected chi connectivity index (χ0v) is 12.7. The van der Waals surface area contributed by atoms with Gasteiger partial charge in [0.1, 0.15) is 5.75 Å². The molecule has 2 aromatic carbocycles. The summed E-state index contributed by atoms with van der Waals surface area (Å²) in [6.45, 7) is 6.39. The van der Waals surface area contributed by atoms with E-state index in [-0.39, 0.29) is 0 Å². The molecule has 0 aliphatic heterocycles. The summed E-state index contributed by atoms with van der Waals surface area (Å²) in [5, 5.41) is 0. The predicted molar refractivity (Wildman–Crippen MR) is 80.9 cm³/mol. The van der Waals surface area contributed by atoms with Crippen molar-refractivity contribution >= 4 is 8.69 Å². The summed E-state index contributed by atoms with van der Waals surface area (Å²) in [4.78, 5) is 0. The first-order valence-corrected chi connectivity index (χ1v) is 7.31. The normalized spacial score (nSPS) is 11.1. The van der Waals surface area contributed by atoms with Crippen molar-refractivity contribution in [2.24, 2.45) is 0 Å². The average Bonchev–Trinajstić information content (AvgIpc) is 2.36. The van der Waals surface area contributed by atoms with Crippen LogP contribution in [-0.4, -0.2) is 0 Å². The fraction of sp³-hybridized carbons (Fsp3) is 0.250. The topological polar surface area (TPSA) is 26.3 Å². The van der Waals surface area contributed by atoms with Gasteiger partial charge in [-0.1, -0.05) is 35.9 Å². The second-order valence-corrected chi connectivity index (χ2v) is 5.30. The summed E-state index contributed by atoms with van der Waals surface area (Å²) in [6, 6.07) is 12.2. The highest BCUT2D eigenvalue weighted by molar-refractivity contribution is 7.17. The Morgan fingerprint density at radius 1 is 1.05 bits per heavy atom. The monoisotopic (exact) mass is 274 g/mol. The first kappa shape index (κ1) is 13.9. The van der Waals surface area contributed by atoms with E-state index in [0.717, 1.165) is 17.7 Å². The molecule has 0 fully saturated rings. The molecular weight excluding hydrogens is 255 g/mol. The van der Waals surface area contributed by atoms with E-state index < -0.39 is 8.69 Å². The minimum absolute atomic E-state index is 0.729. The van der Waals surface area contributed by atoms with E-state index in [9.17, 15) is 4.57 Å². The summed E-state index contributed by atoms with van der Waals surface area (Å²) in [5.41, 5.74) is 6.28. The van der Waals surface area contributed by atoms with Crippen LogP contribution in [0.5, 0.6) is 5.75 Å². The molecule has 2 nitrogen and oxygen atoms in total. The third kappa shape index (κ3) is 3.27. The second-order valence-electron chi connectivity index (χ2n) is 4.88. The van der Waals surface area contributed by atoms with Crippen LogP contribution in [0.4, 0.5) is 0 Å². The molecule has 0 spiro atoms. The minimum Gasteiger partial charge on any atom is -0.447 e. The molecular formula is C16H19O2P. The molecule has 100 valence electrons. The highest BCUT2D eigenvalue weighted by Crippen LogP contribution is 2.27. The van der Waals surface area contributed by atoms with Crippen molar-refractivity contribution in [2.45, 2.75) is 27.2 Å². The molecule has 0 saturated carbocycles. The number of hydrogen-bond acceptors (Lipinski definition) is 2. The first-order chi connectivity index (χ1) is 9.11. The first-order valence-electron chi connectivity index (χ1n) is 6.36. The van der Waals surface area contributed by atoms with Crippen molar-refractivity contribution in [3.8, 4) is 5.75 Å². The molecule has 19 heavy (non-hydrogen) atoms. The standard InChI is InChI=1S/C16H19O2P/c1-11-8-12(2)15(13(3)9-11)10-14-6-4-5-7-16(14)18-19-17/h4-9H,10,19H2,1-3H3. The predicted octanol–water partition coefficient (Wildman–Crippen LogP) is 4.25. The molecule has 0 aliphatic rings. The maximum Gasteiger partial charge on any atom is 0.225 e. The third-order valence-electron chi connectivity index (χ3n) is 3.36. The lowest BCUT2D eigenvalue weighted by atomic mass is 9.94. The molecule has 0 N–H and O–H groups in total. The molecule has 0 aliphatic carbocycles. The number of aryl methyl sites for hydroxylation is 3. The van der Waals surface area contributed by atoms with Gasteiger partial charge in [-0.25, -0.2) is 0 Å². The maximum absolute atomic E-state index is 10.7. The van der Waals surface area contributed by atoms with E-state index in [2.05, 4.69) is 32.9 Å². The minimum atomic E-state index is -1.22. The number of para-hydroxylation sites is 1. The van der Waals surface area contributed by atoms with Gasteiger partial charge in [-0.05, 0) is 49.1 Å². The molecule has 0 aromatic heterocycles. The average molecular weight is 274 g/mol. The highest BCUT2D eigenvalue weighted by atomic mass is 31.1. The largest absolute Gasteiger partial charge is 0.447 e. The van der Waals surface area contributed by atoms with Gasteiger partial charge in [-0.3, -0.25) is 4.57 Å². The molecule has 3 heteroatoms. The zero-order valence-electron chi connectivity index (χ0n) is 11.6. The van der Waals surface area contributed by atoms with Crippen molar-refractivity contribution in [3.05, 3.63) is 64.2 Å². The van der Waals surface area contributed by atoms with Crippen LogP contribution in [0.1, 0.15) is 27.8 Å². The van der Waals surface area contributed by atoms with Crippen molar-refractivity contribution in [2.75, 3.05) is 0 Å². The van der Waals surface area contributed by atoms with Crippen LogP contribution in [0.15, 0.2) is 36.4 Å². The Kier molecular flexibility index (Phi) is 4.44.